The Morgan fingerprint density at radius 2 is 2.00 bits per heavy atom. The van der Waals surface area contributed by atoms with E-state index in [0.29, 0.717) is 18.4 Å². The molecule has 144 valence electrons. The van der Waals surface area contributed by atoms with Crippen molar-refractivity contribution in [3.8, 4) is 17.1 Å². The molecule has 0 bridgehead atoms. The summed E-state index contributed by atoms with van der Waals surface area (Å²) in [4.78, 5) is 13.6. The lowest BCUT2D eigenvalue weighted by Gasteiger charge is -2.22. The van der Waals surface area contributed by atoms with Gasteiger partial charge >= 0.3 is 0 Å². The molecule has 0 aliphatic carbocycles. The molecule has 1 aliphatic heterocycles. The minimum Gasteiger partial charge on any atom is -0.476 e. The van der Waals surface area contributed by atoms with Crippen molar-refractivity contribution in [2.24, 2.45) is 5.92 Å². The highest BCUT2D eigenvalue weighted by Gasteiger charge is 2.16. The van der Waals surface area contributed by atoms with Crippen LogP contribution in [-0.4, -0.2) is 34.6 Å². The molecule has 0 unspecified atom stereocenters. The minimum absolute atomic E-state index is 0. The Morgan fingerprint density at radius 3 is 2.78 bits per heavy atom. The standard InChI is InChI=1S/C20H22N4O.2ClH/c1-14-4-2-6-16(10-14)17-11-18-19(23-9-8-22-18)20(24-17)25-13-15-5-3-7-21-12-15;;/h2,4,6,8-11,15,21H,3,5,7,12-13H2,1H3;2*1H/t15-;;/m0../s1. The van der Waals surface area contributed by atoms with Gasteiger partial charge in [0.2, 0.25) is 5.88 Å². The van der Waals surface area contributed by atoms with E-state index in [1.807, 2.05) is 12.1 Å². The molecule has 27 heavy (non-hydrogen) atoms. The van der Waals surface area contributed by atoms with Crippen LogP contribution in [0.2, 0.25) is 0 Å². The number of halogens is 2. The molecule has 0 spiro atoms. The average Bonchev–Trinajstić information content (AvgIpc) is 2.67. The Morgan fingerprint density at radius 1 is 1.15 bits per heavy atom. The third-order valence-corrected chi connectivity index (χ3v) is 4.59. The van der Waals surface area contributed by atoms with Crippen LogP contribution in [0, 0.1) is 12.8 Å². The molecular formula is C20H24Cl2N4O. The summed E-state index contributed by atoms with van der Waals surface area (Å²) in [7, 11) is 0. The summed E-state index contributed by atoms with van der Waals surface area (Å²) in [5, 5.41) is 3.42. The fourth-order valence-corrected chi connectivity index (χ4v) is 3.26. The van der Waals surface area contributed by atoms with E-state index in [2.05, 4.69) is 40.4 Å². The van der Waals surface area contributed by atoms with Crippen LogP contribution in [0.4, 0.5) is 0 Å². The van der Waals surface area contributed by atoms with Gasteiger partial charge in [-0.1, -0.05) is 23.8 Å². The maximum absolute atomic E-state index is 6.10. The molecule has 4 rings (SSSR count). The highest BCUT2D eigenvalue weighted by Crippen LogP contribution is 2.27. The van der Waals surface area contributed by atoms with Crippen LogP contribution in [0.15, 0.2) is 42.7 Å². The summed E-state index contributed by atoms with van der Waals surface area (Å²) in [5.74, 6) is 1.09. The second-order valence-electron chi connectivity index (χ2n) is 6.63. The summed E-state index contributed by atoms with van der Waals surface area (Å²) < 4.78 is 6.10. The monoisotopic (exact) mass is 406 g/mol. The van der Waals surface area contributed by atoms with E-state index in [-0.39, 0.29) is 24.8 Å². The highest BCUT2D eigenvalue weighted by molar-refractivity contribution is 5.85. The van der Waals surface area contributed by atoms with Crippen molar-refractivity contribution < 1.29 is 4.74 Å². The predicted molar refractivity (Wildman–Crippen MR) is 113 cm³/mol. The van der Waals surface area contributed by atoms with Gasteiger partial charge in [-0.2, -0.15) is 0 Å². The topological polar surface area (TPSA) is 59.9 Å². The lowest BCUT2D eigenvalue weighted by atomic mass is 10.0. The molecule has 1 N–H and O–H groups in total. The van der Waals surface area contributed by atoms with Crippen LogP contribution in [0.3, 0.4) is 0 Å². The van der Waals surface area contributed by atoms with Crippen LogP contribution in [0.1, 0.15) is 18.4 Å². The third kappa shape index (κ3) is 5.06. The molecule has 0 saturated carbocycles. The highest BCUT2D eigenvalue weighted by atomic mass is 35.5. The second kappa shape index (κ2) is 9.83. The van der Waals surface area contributed by atoms with E-state index in [1.165, 1.54) is 18.4 Å². The largest absolute Gasteiger partial charge is 0.476 e. The van der Waals surface area contributed by atoms with Gasteiger partial charge in [-0.05, 0) is 38.4 Å². The van der Waals surface area contributed by atoms with E-state index < -0.39 is 0 Å². The van der Waals surface area contributed by atoms with Gasteiger partial charge in [0, 0.05) is 30.4 Å². The van der Waals surface area contributed by atoms with Gasteiger partial charge in [-0.3, -0.25) is 4.98 Å². The molecule has 2 aromatic heterocycles. The Bertz CT molecular complexity index is 885. The Labute approximate surface area is 171 Å². The molecule has 1 aliphatic rings. The van der Waals surface area contributed by atoms with Crippen LogP contribution < -0.4 is 10.1 Å². The maximum atomic E-state index is 6.10. The van der Waals surface area contributed by atoms with Crippen molar-refractivity contribution in [1.82, 2.24) is 20.3 Å². The summed E-state index contributed by atoms with van der Waals surface area (Å²) in [5.41, 5.74) is 4.67. The SMILES string of the molecule is Cc1cccc(-c2cc3nccnc3c(OC[C@H]3CCCNC3)n2)c1.Cl.Cl. The second-order valence-corrected chi connectivity index (χ2v) is 6.63. The van der Waals surface area contributed by atoms with Crippen LogP contribution in [0.5, 0.6) is 5.88 Å². The molecule has 3 heterocycles. The summed E-state index contributed by atoms with van der Waals surface area (Å²) in [6.45, 7) is 4.84. The predicted octanol–water partition coefficient (Wildman–Crippen LogP) is 4.22. The van der Waals surface area contributed by atoms with Gasteiger partial charge in [0.1, 0.15) is 0 Å². The zero-order valence-corrected chi connectivity index (χ0v) is 16.9. The fraction of sp³-hybridized carbons (Fsp3) is 0.350. The van der Waals surface area contributed by atoms with E-state index in [0.717, 1.165) is 35.4 Å². The molecule has 3 aromatic rings. The van der Waals surface area contributed by atoms with Gasteiger partial charge in [-0.25, -0.2) is 9.97 Å². The first-order valence-corrected chi connectivity index (χ1v) is 8.82. The number of hydrogen-bond acceptors (Lipinski definition) is 5. The Kier molecular flexibility index (Phi) is 7.78. The molecule has 0 amide bonds. The molecule has 1 saturated heterocycles. The smallest absolute Gasteiger partial charge is 0.242 e. The first-order chi connectivity index (χ1) is 12.3. The number of nitrogens with one attached hydrogen (secondary N) is 1. The third-order valence-electron chi connectivity index (χ3n) is 4.59. The van der Waals surface area contributed by atoms with Gasteiger partial charge in [-0.15, -0.1) is 24.8 Å². The molecule has 7 heteroatoms. The first kappa shape index (κ1) is 21.4. The average molecular weight is 407 g/mol. The molecule has 0 radical (unpaired) electrons. The van der Waals surface area contributed by atoms with E-state index >= 15 is 0 Å². The lowest BCUT2D eigenvalue weighted by molar-refractivity contribution is 0.214. The van der Waals surface area contributed by atoms with Gasteiger partial charge < -0.3 is 10.1 Å². The van der Waals surface area contributed by atoms with Crippen molar-refractivity contribution >= 4 is 35.8 Å². The number of fused-ring (bicyclic) bond motifs is 1. The van der Waals surface area contributed by atoms with Crippen molar-refractivity contribution in [2.75, 3.05) is 19.7 Å². The zero-order valence-electron chi connectivity index (χ0n) is 15.2. The van der Waals surface area contributed by atoms with Gasteiger partial charge in [0.05, 0.1) is 17.8 Å². The number of ether oxygens (including phenoxy) is 1. The van der Waals surface area contributed by atoms with Gasteiger partial charge in [0.25, 0.3) is 0 Å². The molecule has 1 fully saturated rings. The van der Waals surface area contributed by atoms with Crippen LogP contribution >= 0.6 is 24.8 Å². The maximum Gasteiger partial charge on any atom is 0.242 e. The lowest BCUT2D eigenvalue weighted by Crippen LogP contribution is -2.33. The first-order valence-electron chi connectivity index (χ1n) is 8.82. The van der Waals surface area contributed by atoms with E-state index in [1.54, 1.807) is 12.4 Å². The Balaban J connectivity index is 0.00000131. The minimum atomic E-state index is 0. The summed E-state index contributed by atoms with van der Waals surface area (Å²) >= 11 is 0. The number of aryl methyl sites for hydroxylation is 1. The van der Waals surface area contributed by atoms with Crippen LogP contribution in [-0.2, 0) is 0 Å². The number of nitrogens with zero attached hydrogens (tertiary/aromatic N) is 3. The van der Waals surface area contributed by atoms with Crippen molar-refractivity contribution in [3.63, 3.8) is 0 Å². The van der Waals surface area contributed by atoms with Crippen molar-refractivity contribution in [2.45, 2.75) is 19.8 Å². The van der Waals surface area contributed by atoms with E-state index in [4.69, 9.17) is 9.72 Å². The number of aromatic nitrogens is 3. The number of piperidine rings is 1. The zero-order chi connectivity index (χ0) is 17.1. The quantitative estimate of drug-likeness (QED) is 0.702. The Hall–Kier alpha value is -1.95. The summed E-state index contributed by atoms with van der Waals surface area (Å²) in [6.07, 6.45) is 5.78. The molecule has 1 aromatic carbocycles. The fourth-order valence-electron chi connectivity index (χ4n) is 3.26. The molecule has 1 atom stereocenters. The van der Waals surface area contributed by atoms with Gasteiger partial charge in [0.15, 0.2) is 5.52 Å². The number of rotatable bonds is 4. The molecule has 5 nitrogen and oxygen atoms in total. The van der Waals surface area contributed by atoms with Crippen molar-refractivity contribution in [3.05, 3.63) is 48.3 Å². The molecular weight excluding hydrogens is 383 g/mol. The number of pyridine rings is 1. The van der Waals surface area contributed by atoms with Crippen LogP contribution in [0.25, 0.3) is 22.3 Å². The number of benzene rings is 1. The normalized spacial score (nSPS) is 16.3. The number of hydrogen-bond donors (Lipinski definition) is 1. The van der Waals surface area contributed by atoms with Crippen molar-refractivity contribution in [1.29, 1.82) is 0 Å². The van der Waals surface area contributed by atoms with E-state index in [9.17, 15) is 0 Å². The summed E-state index contributed by atoms with van der Waals surface area (Å²) in [6, 6.07) is 10.3.